The predicted octanol–water partition coefficient (Wildman–Crippen LogP) is 3.69. The van der Waals surface area contributed by atoms with E-state index in [9.17, 15) is 18.0 Å². The van der Waals surface area contributed by atoms with Crippen LogP contribution in [0.4, 0.5) is 5.69 Å². The summed E-state index contributed by atoms with van der Waals surface area (Å²) in [7, 11) is -2.04. The van der Waals surface area contributed by atoms with Crippen LogP contribution >= 0.6 is 0 Å². The standard InChI is InChI=1S/C28H39N3O7S/c1-6-20(3)29-28(33)24(7-2)30(18-21-10-13-23(36-4)14-11-21)27(32)9-8-16-31(39(5,34)35)22-12-15-25-26(17-22)38-19-37-25/h10-15,17,20,24H,6-9,16,18-19H2,1-5H3,(H,29,33)/t20-,24+/m0/s1. The topological polar surface area (TPSA) is 114 Å². The van der Waals surface area contributed by atoms with Gasteiger partial charge in [-0.25, -0.2) is 8.42 Å². The van der Waals surface area contributed by atoms with Crippen molar-refractivity contribution in [3.05, 3.63) is 48.0 Å². The Kier molecular flexibility index (Phi) is 10.4. The second-order valence-corrected chi connectivity index (χ2v) is 11.5. The first-order valence-corrected chi connectivity index (χ1v) is 15.0. The summed E-state index contributed by atoms with van der Waals surface area (Å²) in [6.45, 7) is 6.21. The quantitative estimate of drug-likeness (QED) is 0.374. The summed E-state index contributed by atoms with van der Waals surface area (Å²) in [6, 6.07) is 11.6. The van der Waals surface area contributed by atoms with Gasteiger partial charge in [-0.05, 0) is 56.0 Å². The van der Waals surface area contributed by atoms with E-state index in [1.165, 1.54) is 4.31 Å². The molecular weight excluding hydrogens is 522 g/mol. The third kappa shape index (κ3) is 8.01. The molecule has 10 nitrogen and oxygen atoms in total. The molecule has 214 valence electrons. The maximum atomic E-state index is 13.6. The predicted molar refractivity (Wildman–Crippen MR) is 150 cm³/mol. The van der Waals surface area contributed by atoms with E-state index in [2.05, 4.69) is 5.32 Å². The molecule has 3 rings (SSSR count). The minimum atomic E-state index is -3.62. The molecule has 2 amide bonds. The highest BCUT2D eigenvalue weighted by Crippen LogP contribution is 2.36. The van der Waals surface area contributed by atoms with Crippen molar-refractivity contribution in [2.45, 2.75) is 65.1 Å². The van der Waals surface area contributed by atoms with Crippen LogP contribution in [0.25, 0.3) is 0 Å². The highest BCUT2D eigenvalue weighted by atomic mass is 32.2. The van der Waals surface area contributed by atoms with Crippen molar-refractivity contribution >= 4 is 27.5 Å². The fourth-order valence-electron chi connectivity index (χ4n) is 4.33. The fraction of sp³-hybridized carbons (Fsp3) is 0.500. The number of nitrogens with one attached hydrogen (secondary N) is 1. The molecule has 0 aromatic heterocycles. The molecule has 2 aromatic rings. The van der Waals surface area contributed by atoms with Gasteiger partial charge in [0.05, 0.1) is 19.1 Å². The van der Waals surface area contributed by atoms with Crippen LogP contribution < -0.4 is 23.8 Å². The molecule has 1 aliphatic heterocycles. The molecule has 39 heavy (non-hydrogen) atoms. The lowest BCUT2D eigenvalue weighted by atomic mass is 10.1. The molecule has 1 N–H and O–H groups in total. The van der Waals surface area contributed by atoms with E-state index in [1.807, 2.05) is 45.0 Å². The van der Waals surface area contributed by atoms with E-state index in [-0.39, 0.29) is 50.6 Å². The van der Waals surface area contributed by atoms with Gasteiger partial charge in [0.15, 0.2) is 11.5 Å². The molecule has 0 aliphatic carbocycles. The Morgan fingerprint density at radius 3 is 2.36 bits per heavy atom. The van der Waals surface area contributed by atoms with Gasteiger partial charge in [-0.15, -0.1) is 0 Å². The minimum Gasteiger partial charge on any atom is -0.497 e. The second-order valence-electron chi connectivity index (χ2n) is 9.59. The number of methoxy groups -OCH3 is 1. The summed E-state index contributed by atoms with van der Waals surface area (Å²) < 4.78 is 42.4. The number of hydrogen-bond acceptors (Lipinski definition) is 7. The average Bonchev–Trinajstić information content (AvgIpc) is 3.38. The molecule has 2 atom stereocenters. The SMILES string of the molecule is CC[C@H](C(=O)N[C@@H](C)CC)N(Cc1ccc(OC)cc1)C(=O)CCCN(c1ccc2c(c1)OCO2)S(C)(=O)=O. The number of hydrogen-bond donors (Lipinski definition) is 1. The lowest BCUT2D eigenvalue weighted by Gasteiger charge is -2.32. The zero-order valence-corrected chi connectivity index (χ0v) is 24.1. The maximum Gasteiger partial charge on any atom is 0.243 e. The number of rotatable bonds is 14. The summed E-state index contributed by atoms with van der Waals surface area (Å²) in [5, 5.41) is 2.99. The van der Waals surface area contributed by atoms with Crippen LogP contribution in [0, 0.1) is 0 Å². The molecule has 0 saturated carbocycles. The highest BCUT2D eigenvalue weighted by molar-refractivity contribution is 7.92. The smallest absolute Gasteiger partial charge is 0.243 e. The van der Waals surface area contributed by atoms with Crippen LogP contribution in [0.15, 0.2) is 42.5 Å². The molecular formula is C28H39N3O7S. The number of sulfonamides is 1. The first-order valence-electron chi connectivity index (χ1n) is 13.2. The molecule has 0 saturated heterocycles. The average molecular weight is 562 g/mol. The van der Waals surface area contributed by atoms with Crippen molar-refractivity contribution in [1.82, 2.24) is 10.2 Å². The Balaban J connectivity index is 1.77. The van der Waals surface area contributed by atoms with Gasteiger partial charge >= 0.3 is 0 Å². The lowest BCUT2D eigenvalue weighted by molar-refractivity contribution is -0.141. The first-order chi connectivity index (χ1) is 18.6. The maximum absolute atomic E-state index is 13.6. The Labute approximate surface area is 231 Å². The summed E-state index contributed by atoms with van der Waals surface area (Å²) in [4.78, 5) is 28.3. The number of anilines is 1. The van der Waals surface area contributed by atoms with E-state index < -0.39 is 16.1 Å². The number of carbonyl (C=O) groups excluding carboxylic acids is 2. The fourth-order valence-corrected chi connectivity index (χ4v) is 5.29. The minimum absolute atomic E-state index is 0.0190. The molecule has 1 heterocycles. The van der Waals surface area contributed by atoms with Crippen LogP contribution in [0.5, 0.6) is 17.2 Å². The van der Waals surface area contributed by atoms with Gasteiger partial charge in [0.2, 0.25) is 28.6 Å². The van der Waals surface area contributed by atoms with Crippen molar-refractivity contribution in [2.75, 3.05) is 31.0 Å². The van der Waals surface area contributed by atoms with Gasteiger partial charge in [0, 0.05) is 31.6 Å². The second kappa shape index (κ2) is 13.5. The molecule has 0 spiro atoms. The van der Waals surface area contributed by atoms with Crippen molar-refractivity contribution < 1.29 is 32.2 Å². The van der Waals surface area contributed by atoms with Crippen LogP contribution in [-0.2, 0) is 26.2 Å². The van der Waals surface area contributed by atoms with Crippen LogP contribution in [0.2, 0.25) is 0 Å². The van der Waals surface area contributed by atoms with Gasteiger partial charge in [0.25, 0.3) is 0 Å². The van der Waals surface area contributed by atoms with Gasteiger partial charge < -0.3 is 24.4 Å². The zero-order valence-electron chi connectivity index (χ0n) is 23.3. The Morgan fingerprint density at radius 1 is 1.05 bits per heavy atom. The molecule has 2 aromatic carbocycles. The van der Waals surface area contributed by atoms with Crippen molar-refractivity contribution in [1.29, 1.82) is 0 Å². The van der Waals surface area contributed by atoms with Crippen molar-refractivity contribution in [3.8, 4) is 17.2 Å². The largest absolute Gasteiger partial charge is 0.497 e. The zero-order chi connectivity index (χ0) is 28.6. The molecule has 0 bridgehead atoms. The van der Waals surface area contributed by atoms with E-state index in [0.717, 1.165) is 18.2 Å². The van der Waals surface area contributed by atoms with E-state index in [1.54, 1.807) is 30.2 Å². The molecule has 11 heteroatoms. The summed E-state index contributed by atoms with van der Waals surface area (Å²) in [5.74, 6) is 1.30. The third-order valence-corrected chi connectivity index (χ3v) is 7.89. The molecule has 0 fully saturated rings. The van der Waals surface area contributed by atoms with Gasteiger partial charge in [-0.2, -0.15) is 0 Å². The van der Waals surface area contributed by atoms with E-state index in [4.69, 9.17) is 14.2 Å². The van der Waals surface area contributed by atoms with Crippen LogP contribution in [-0.4, -0.2) is 63.9 Å². The van der Waals surface area contributed by atoms with E-state index >= 15 is 0 Å². The highest BCUT2D eigenvalue weighted by Gasteiger charge is 2.29. The summed E-state index contributed by atoms with van der Waals surface area (Å²) in [6.07, 6.45) is 2.68. The summed E-state index contributed by atoms with van der Waals surface area (Å²) in [5.41, 5.74) is 1.29. The Hall–Kier alpha value is -3.47. The third-order valence-electron chi connectivity index (χ3n) is 6.70. The molecule has 1 aliphatic rings. The van der Waals surface area contributed by atoms with E-state index in [0.29, 0.717) is 29.4 Å². The first kappa shape index (κ1) is 30.1. The van der Waals surface area contributed by atoms with Crippen LogP contribution in [0.3, 0.4) is 0 Å². The van der Waals surface area contributed by atoms with Crippen LogP contribution in [0.1, 0.15) is 52.0 Å². The van der Waals surface area contributed by atoms with Gasteiger partial charge in [0.1, 0.15) is 11.8 Å². The lowest BCUT2D eigenvalue weighted by Crippen LogP contribution is -2.50. The van der Waals surface area contributed by atoms with Gasteiger partial charge in [-0.3, -0.25) is 13.9 Å². The number of nitrogens with zero attached hydrogens (tertiary/aromatic N) is 2. The number of carbonyl (C=O) groups is 2. The van der Waals surface area contributed by atoms with Gasteiger partial charge in [-0.1, -0.05) is 26.0 Å². The molecule has 0 unspecified atom stereocenters. The van der Waals surface area contributed by atoms with Crippen molar-refractivity contribution in [3.63, 3.8) is 0 Å². The monoisotopic (exact) mass is 561 g/mol. The Bertz CT molecular complexity index is 1230. The number of amides is 2. The van der Waals surface area contributed by atoms with Crippen molar-refractivity contribution in [2.24, 2.45) is 0 Å². The number of fused-ring (bicyclic) bond motifs is 1. The Morgan fingerprint density at radius 2 is 1.74 bits per heavy atom. The number of benzene rings is 2. The number of ether oxygens (including phenoxy) is 3. The molecule has 0 radical (unpaired) electrons. The normalized spacial score (nSPS) is 13.9. The summed E-state index contributed by atoms with van der Waals surface area (Å²) >= 11 is 0.